The maximum absolute atomic E-state index is 12.5. The molecule has 2 amide bonds. The molecule has 0 radical (unpaired) electrons. The van der Waals surface area contributed by atoms with Gasteiger partial charge in [-0.1, -0.05) is 48.0 Å². The van der Waals surface area contributed by atoms with Crippen LogP contribution < -0.4 is 15.4 Å². The van der Waals surface area contributed by atoms with Gasteiger partial charge in [0.1, 0.15) is 5.75 Å². The molecule has 0 saturated carbocycles. The van der Waals surface area contributed by atoms with Gasteiger partial charge in [-0.3, -0.25) is 9.59 Å². The molecule has 0 aliphatic carbocycles. The Labute approximate surface area is 168 Å². The molecular weight excluding hydrogens is 376 g/mol. The number of halogens is 1. The molecule has 3 aromatic rings. The monoisotopic (exact) mass is 394 g/mol. The molecule has 0 aliphatic rings. The number of hydrogen-bond donors (Lipinski definition) is 2. The molecule has 0 atom stereocenters. The summed E-state index contributed by atoms with van der Waals surface area (Å²) in [5.74, 6) is 0.0925. The molecule has 0 aliphatic heterocycles. The first-order valence-corrected chi connectivity index (χ1v) is 9.02. The fraction of sp³-hybridized carbons (Fsp3) is 0.0909. The van der Waals surface area contributed by atoms with Gasteiger partial charge in [-0.2, -0.15) is 0 Å². The molecular formula is C22H19ClN2O3. The van der Waals surface area contributed by atoms with Crippen LogP contribution in [0.1, 0.15) is 15.9 Å². The smallest absolute Gasteiger partial charge is 0.255 e. The van der Waals surface area contributed by atoms with Crippen LogP contribution in [0.4, 0.5) is 11.4 Å². The van der Waals surface area contributed by atoms with E-state index in [0.29, 0.717) is 27.7 Å². The molecule has 142 valence electrons. The minimum Gasteiger partial charge on any atom is -0.496 e. The van der Waals surface area contributed by atoms with Crippen LogP contribution in [0.15, 0.2) is 72.8 Å². The highest BCUT2D eigenvalue weighted by Gasteiger charge is 2.13. The summed E-state index contributed by atoms with van der Waals surface area (Å²) in [4.78, 5) is 24.9. The van der Waals surface area contributed by atoms with Gasteiger partial charge in [0.2, 0.25) is 5.91 Å². The summed E-state index contributed by atoms with van der Waals surface area (Å²) in [5, 5.41) is 5.92. The summed E-state index contributed by atoms with van der Waals surface area (Å²) in [6.07, 6.45) is 0.126. The van der Waals surface area contributed by atoms with Crippen LogP contribution in [-0.2, 0) is 11.2 Å². The molecule has 0 spiro atoms. The number of carbonyl (C=O) groups excluding carboxylic acids is 2. The summed E-state index contributed by atoms with van der Waals surface area (Å²) in [7, 11) is 1.56. The summed E-state index contributed by atoms with van der Waals surface area (Å²) < 4.78 is 5.27. The second kappa shape index (κ2) is 9.06. The van der Waals surface area contributed by atoms with Gasteiger partial charge in [0.15, 0.2) is 0 Å². The predicted octanol–water partition coefficient (Wildman–Crippen LogP) is 4.78. The van der Waals surface area contributed by atoms with Crippen molar-refractivity contribution in [3.05, 3.63) is 88.9 Å². The van der Waals surface area contributed by atoms with Crippen molar-refractivity contribution in [2.75, 3.05) is 17.7 Å². The Balaban J connectivity index is 1.72. The first kappa shape index (κ1) is 19.5. The zero-order valence-electron chi connectivity index (χ0n) is 15.2. The second-order valence-electron chi connectivity index (χ2n) is 6.05. The fourth-order valence-corrected chi connectivity index (χ4v) is 2.87. The number of benzene rings is 3. The first-order valence-electron chi connectivity index (χ1n) is 8.64. The van der Waals surface area contributed by atoms with Crippen LogP contribution >= 0.6 is 11.6 Å². The molecule has 2 N–H and O–H groups in total. The van der Waals surface area contributed by atoms with E-state index in [-0.39, 0.29) is 18.2 Å². The minimum atomic E-state index is -0.289. The lowest BCUT2D eigenvalue weighted by molar-refractivity contribution is -0.115. The van der Waals surface area contributed by atoms with Gasteiger partial charge in [-0.15, -0.1) is 0 Å². The molecule has 3 aromatic carbocycles. The molecule has 6 heteroatoms. The summed E-state index contributed by atoms with van der Waals surface area (Å²) >= 11 is 6.20. The van der Waals surface area contributed by atoms with Crippen molar-refractivity contribution < 1.29 is 14.3 Å². The SMILES string of the molecule is COc1ccccc1CC(=O)Nc1cc(C(=O)Nc2ccccc2)ccc1Cl. The van der Waals surface area contributed by atoms with Crippen molar-refractivity contribution in [1.29, 1.82) is 0 Å². The van der Waals surface area contributed by atoms with Crippen LogP contribution in [-0.4, -0.2) is 18.9 Å². The van der Waals surface area contributed by atoms with Crippen LogP contribution in [0.5, 0.6) is 5.75 Å². The molecule has 3 rings (SSSR count). The standard InChI is InChI=1S/C22H19ClN2O3/c1-28-20-10-6-5-7-15(20)14-21(26)25-19-13-16(11-12-18(19)23)22(27)24-17-8-3-2-4-9-17/h2-13H,14H2,1H3,(H,24,27)(H,25,26). The van der Waals surface area contributed by atoms with E-state index < -0.39 is 0 Å². The number of carbonyl (C=O) groups is 2. The lowest BCUT2D eigenvalue weighted by Crippen LogP contribution is -2.16. The van der Waals surface area contributed by atoms with Crippen molar-refractivity contribution in [3.8, 4) is 5.75 Å². The van der Waals surface area contributed by atoms with Gasteiger partial charge < -0.3 is 15.4 Å². The highest BCUT2D eigenvalue weighted by molar-refractivity contribution is 6.34. The summed E-state index contributed by atoms with van der Waals surface area (Å²) in [6.45, 7) is 0. The van der Waals surface area contributed by atoms with Crippen LogP contribution in [0, 0.1) is 0 Å². The quantitative estimate of drug-likeness (QED) is 0.632. The Bertz CT molecular complexity index is 990. The average molecular weight is 395 g/mol. The molecule has 0 fully saturated rings. The maximum atomic E-state index is 12.5. The largest absolute Gasteiger partial charge is 0.496 e. The van der Waals surface area contributed by atoms with Gasteiger partial charge in [-0.25, -0.2) is 0 Å². The number of ether oxygens (including phenoxy) is 1. The van der Waals surface area contributed by atoms with E-state index in [1.54, 1.807) is 43.5 Å². The Kier molecular flexibility index (Phi) is 6.29. The number of methoxy groups -OCH3 is 1. The van der Waals surface area contributed by atoms with Gasteiger partial charge in [0, 0.05) is 16.8 Å². The number of anilines is 2. The second-order valence-corrected chi connectivity index (χ2v) is 6.46. The number of nitrogens with one attached hydrogen (secondary N) is 2. The van der Waals surface area contributed by atoms with E-state index in [2.05, 4.69) is 10.6 Å². The van der Waals surface area contributed by atoms with Gasteiger partial charge >= 0.3 is 0 Å². The van der Waals surface area contributed by atoms with E-state index >= 15 is 0 Å². The Morgan fingerprint density at radius 3 is 2.39 bits per heavy atom. The van der Waals surface area contributed by atoms with Gasteiger partial charge in [0.25, 0.3) is 5.91 Å². The number of para-hydroxylation sites is 2. The molecule has 0 saturated heterocycles. The molecule has 0 aromatic heterocycles. The zero-order valence-corrected chi connectivity index (χ0v) is 16.0. The summed E-state index contributed by atoms with van der Waals surface area (Å²) in [5.41, 5.74) is 2.21. The van der Waals surface area contributed by atoms with E-state index in [9.17, 15) is 9.59 Å². The topological polar surface area (TPSA) is 67.4 Å². The van der Waals surface area contributed by atoms with E-state index in [0.717, 1.165) is 5.56 Å². The van der Waals surface area contributed by atoms with Crippen molar-refractivity contribution >= 4 is 34.8 Å². The lowest BCUT2D eigenvalue weighted by Gasteiger charge is -2.11. The third-order valence-corrected chi connectivity index (χ3v) is 4.41. The average Bonchev–Trinajstić information content (AvgIpc) is 2.70. The Hall–Kier alpha value is -3.31. The van der Waals surface area contributed by atoms with E-state index in [1.165, 1.54) is 0 Å². The molecule has 28 heavy (non-hydrogen) atoms. The third kappa shape index (κ3) is 4.90. The number of amides is 2. The minimum absolute atomic E-state index is 0.126. The van der Waals surface area contributed by atoms with Crippen molar-refractivity contribution in [3.63, 3.8) is 0 Å². The highest BCUT2D eigenvalue weighted by atomic mass is 35.5. The fourth-order valence-electron chi connectivity index (χ4n) is 2.70. The highest BCUT2D eigenvalue weighted by Crippen LogP contribution is 2.25. The molecule has 0 unspecified atom stereocenters. The summed E-state index contributed by atoms with van der Waals surface area (Å²) in [6, 6.07) is 21.2. The molecule has 0 bridgehead atoms. The van der Waals surface area contributed by atoms with Crippen LogP contribution in [0.25, 0.3) is 0 Å². The third-order valence-electron chi connectivity index (χ3n) is 4.08. The van der Waals surface area contributed by atoms with Gasteiger partial charge in [-0.05, 0) is 36.4 Å². The normalized spacial score (nSPS) is 10.2. The molecule has 5 nitrogen and oxygen atoms in total. The Morgan fingerprint density at radius 1 is 0.929 bits per heavy atom. The predicted molar refractivity (Wildman–Crippen MR) is 111 cm³/mol. The first-order chi connectivity index (χ1) is 13.6. The van der Waals surface area contributed by atoms with E-state index in [1.807, 2.05) is 36.4 Å². The lowest BCUT2D eigenvalue weighted by atomic mass is 10.1. The van der Waals surface area contributed by atoms with Crippen LogP contribution in [0.3, 0.4) is 0 Å². The zero-order chi connectivity index (χ0) is 19.9. The molecule has 0 heterocycles. The maximum Gasteiger partial charge on any atom is 0.255 e. The van der Waals surface area contributed by atoms with Crippen molar-refractivity contribution in [2.24, 2.45) is 0 Å². The van der Waals surface area contributed by atoms with Crippen LogP contribution in [0.2, 0.25) is 5.02 Å². The van der Waals surface area contributed by atoms with Crippen molar-refractivity contribution in [1.82, 2.24) is 0 Å². The van der Waals surface area contributed by atoms with Crippen molar-refractivity contribution in [2.45, 2.75) is 6.42 Å². The Morgan fingerprint density at radius 2 is 1.64 bits per heavy atom. The van der Waals surface area contributed by atoms with E-state index in [4.69, 9.17) is 16.3 Å². The number of hydrogen-bond acceptors (Lipinski definition) is 3. The van der Waals surface area contributed by atoms with Gasteiger partial charge in [0.05, 0.1) is 24.2 Å². The number of rotatable bonds is 6.